The number of rotatable bonds is 2. The lowest BCUT2D eigenvalue weighted by Gasteiger charge is -2.12. The Balaban J connectivity index is 2.63. The number of halogens is 1. The highest BCUT2D eigenvalue weighted by atomic mass is 79.9. The maximum absolute atomic E-state index is 11.4. The van der Waals surface area contributed by atoms with Crippen molar-refractivity contribution in [2.75, 3.05) is 13.6 Å². The Morgan fingerprint density at radius 2 is 2.40 bits per heavy atom. The second kappa shape index (κ2) is 5.37. The molecule has 78 valence electrons. The molecule has 0 spiro atoms. The van der Waals surface area contributed by atoms with Gasteiger partial charge in [0, 0.05) is 11.5 Å². The lowest BCUT2D eigenvalue weighted by atomic mass is 10.3. The van der Waals surface area contributed by atoms with Gasteiger partial charge in [0.1, 0.15) is 12.3 Å². The zero-order valence-corrected chi connectivity index (χ0v) is 9.69. The summed E-state index contributed by atoms with van der Waals surface area (Å²) in [6.07, 6.45) is -0.547. The van der Waals surface area contributed by atoms with Crippen LogP contribution in [0.5, 0.6) is 5.75 Å². The van der Waals surface area contributed by atoms with Gasteiger partial charge in [-0.3, -0.25) is 4.90 Å². The molecule has 0 aromatic heterocycles. The van der Waals surface area contributed by atoms with Crippen LogP contribution in [0.3, 0.4) is 0 Å². The topological polar surface area (TPSA) is 53.3 Å². The Bertz CT molecular complexity index is 401. The number of benzene rings is 1. The first-order valence-corrected chi connectivity index (χ1v) is 4.98. The molecule has 0 unspecified atom stereocenters. The molecule has 0 aliphatic carbocycles. The van der Waals surface area contributed by atoms with Gasteiger partial charge in [0.15, 0.2) is 0 Å². The fraction of sp³-hybridized carbons (Fsp3) is 0.200. The third-order valence-corrected chi connectivity index (χ3v) is 2.11. The molecule has 1 aromatic rings. The van der Waals surface area contributed by atoms with E-state index in [4.69, 9.17) is 10.00 Å². The van der Waals surface area contributed by atoms with Gasteiger partial charge in [-0.25, -0.2) is 4.79 Å². The van der Waals surface area contributed by atoms with Gasteiger partial charge in [-0.1, -0.05) is 22.0 Å². The van der Waals surface area contributed by atoms with Crippen molar-refractivity contribution in [2.24, 2.45) is 0 Å². The second-order valence-electron chi connectivity index (χ2n) is 2.84. The minimum atomic E-state index is -0.547. The van der Waals surface area contributed by atoms with Crippen molar-refractivity contribution in [3.63, 3.8) is 0 Å². The number of nitriles is 1. The number of nitrogens with zero attached hydrogens (tertiary/aromatic N) is 2. The number of carbonyl (C=O) groups excluding carboxylic acids is 1. The molecule has 0 aliphatic rings. The van der Waals surface area contributed by atoms with Crippen LogP contribution in [-0.4, -0.2) is 24.6 Å². The standard InChI is InChI=1S/C10H9BrN2O2/c1-13(6-5-12)10(14)15-9-4-2-3-8(11)7-9/h2-4,7H,6H2,1H3. The fourth-order valence-corrected chi connectivity index (χ4v) is 1.26. The van der Waals surface area contributed by atoms with Gasteiger partial charge in [-0.05, 0) is 18.2 Å². The summed E-state index contributed by atoms with van der Waals surface area (Å²) in [6.45, 7) is 0.00678. The van der Waals surface area contributed by atoms with E-state index in [0.29, 0.717) is 5.75 Å². The van der Waals surface area contributed by atoms with Gasteiger partial charge >= 0.3 is 6.09 Å². The minimum Gasteiger partial charge on any atom is -0.410 e. The normalized spacial score (nSPS) is 9.13. The predicted molar refractivity (Wildman–Crippen MR) is 58.4 cm³/mol. The first-order chi connectivity index (χ1) is 7.13. The molecular weight excluding hydrogens is 260 g/mol. The molecule has 0 fully saturated rings. The van der Waals surface area contributed by atoms with Gasteiger partial charge < -0.3 is 4.74 Å². The summed E-state index contributed by atoms with van der Waals surface area (Å²) in [6, 6.07) is 8.80. The number of amides is 1. The molecule has 1 amide bonds. The van der Waals surface area contributed by atoms with E-state index in [1.807, 2.05) is 12.1 Å². The van der Waals surface area contributed by atoms with Crippen LogP contribution in [0, 0.1) is 11.3 Å². The van der Waals surface area contributed by atoms with Gasteiger partial charge in [-0.15, -0.1) is 0 Å². The van der Waals surface area contributed by atoms with Gasteiger partial charge in [0.25, 0.3) is 0 Å². The van der Waals surface area contributed by atoms with E-state index in [9.17, 15) is 4.79 Å². The monoisotopic (exact) mass is 268 g/mol. The maximum Gasteiger partial charge on any atom is 0.415 e. The zero-order chi connectivity index (χ0) is 11.3. The number of carbonyl (C=O) groups is 1. The van der Waals surface area contributed by atoms with Gasteiger partial charge in [-0.2, -0.15) is 5.26 Å². The van der Waals surface area contributed by atoms with E-state index in [0.717, 1.165) is 4.47 Å². The molecule has 1 aromatic carbocycles. The minimum absolute atomic E-state index is 0.00678. The van der Waals surface area contributed by atoms with Crippen LogP contribution in [-0.2, 0) is 0 Å². The van der Waals surface area contributed by atoms with E-state index in [1.165, 1.54) is 11.9 Å². The Morgan fingerprint density at radius 1 is 1.67 bits per heavy atom. The SMILES string of the molecule is CN(CC#N)C(=O)Oc1cccc(Br)c1. The van der Waals surface area contributed by atoms with Crippen molar-refractivity contribution in [3.05, 3.63) is 28.7 Å². The highest BCUT2D eigenvalue weighted by Crippen LogP contribution is 2.18. The van der Waals surface area contributed by atoms with E-state index >= 15 is 0 Å². The largest absolute Gasteiger partial charge is 0.415 e. The molecule has 0 atom stereocenters. The highest BCUT2D eigenvalue weighted by Gasteiger charge is 2.10. The Morgan fingerprint density at radius 3 is 3.00 bits per heavy atom. The molecule has 5 heteroatoms. The molecular formula is C10H9BrN2O2. The van der Waals surface area contributed by atoms with E-state index < -0.39 is 6.09 Å². The quantitative estimate of drug-likeness (QED) is 0.774. The van der Waals surface area contributed by atoms with Gasteiger partial charge in [0.05, 0.1) is 6.07 Å². The third kappa shape index (κ3) is 3.60. The van der Waals surface area contributed by atoms with Crippen LogP contribution in [0.1, 0.15) is 0 Å². The summed E-state index contributed by atoms with van der Waals surface area (Å²) in [4.78, 5) is 12.5. The Hall–Kier alpha value is -1.54. The van der Waals surface area contributed by atoms with Crippen LogP contribution in [0.15, 0.2) is 28.7 Å². The van der Waals surface area contributed by atoms with E-state index in [2.05, 4.69) is 15.9 Å². The van der Waals surface area contributed by atoms with Gasteiger partial charge in [0.2, 0.25) is 0 Å². The van der Waals surface area contributed by atoms with Crippen LogP contribution < -0.4 is 4.74 Å². The molecule has 0 bridgehead atoms. The average molecular weight is 269 g/mol. The smallest absolute Gasteiger partial charge is 0.410 e. The van der Waals surface area contributed by atoms with Crippen molar-refractivity contribution in [3.8, 4) is 11.8 Å². The number of hydrogen-bond acceptors (Lipinski definition) is 3. The molecule has 0 N–H and O–H groups in total. The first kappa shape index (κ1) is 11.5. The first-order valence-electron chi connectivity index (χ1n) is 4.19. The third-order valence-electron chi connectivity index (χ3n) is 1.62. The van der Waals surface area contributed by atoms with Crippen molar-refractivity contribution in [1.82, 2.24) is 4.90 Å². The predicted octanol–water partition coefficient (Wildman–Crippen LogP) is 2.40. The summed E-state index contributed by atoms with van der Waals surface area (Å²) in [5, 5.41) is 8.39. The van der Waals surface area contributed by atoms with Crippen molar-refractivity contribution in [1.29, 1.82) is 5.26 Å². The van der Waals surface area contributed by atoms with Crippen LogP contribution in [0.25, 0.3) is 0 Å². The van der Waals surface area contributed by atoms with Crippen LogP contribution in [0.2, 0.25) is 0 Å². The van der Waals surface area contributed by atoms with E-state index in [1.54, 1.807) is 18.2 Å². The number of ether oxygens (including phenoxy) is 1. The zero-order valence-electron chi connectivity index (χ0n) is 8.11. The van der Waals surface area contributed by atoms with Crippen LogP contribution >= 0.6 is 15.9 Å². The molecule has 15 heavy (non-hydrogen) atoms. The summed E-state index contributed by atoms with van der Waals surface area (Å²) in [7, 11) is 1.50. The Kier molecular flexibility index (Phi) is 4.13. The van der Waals surface area contributed by atoms with Crippen molar-refractivity contribution >= 4 is 22.0 Å². The molecule has 1 rings (SSSR count). The molecule has 0 heterocycles. The molecule has 0 radical (unpaired) electrons. The van der Waals surface area contributed by atoms with Crippen LogP contribution in [0.4, 0.5) is 4.79 Å². The second-order valence-corrected chi connectivity index (χ2v) is 3.76. The molecule has 4 nitrogen and oxygen atoms in total. The van der Waals surface area contributed by atoms with Crippen molar-refractivity contribution < 1.29 is 9.53 Å². The average Bonchev–Trinajstić information content (AvgIpc) is 2.18. The summed E-state index contributed by atoms with van der Waals surface area (Å²) < 4.78 is 5.84. The lowest BCUT2D eigenvalue weighted by Crippen LogP contribution is -2.29. The van der Waals surface area contributed by atoms with E-state index in [-0.39, 0.29) is 6.54 Å². The highest BCUT2D eigenvalue weighted by molar-refractivity contribution is 9.10. The summed E-state index contributed by atoms with van der Waals surface area (Å²) >= 11 is 3.26. The summed E-state index contributed by atoms with van der Waals surface area (Å²) in [5.74, 6) is 0.444. The summed E-state index contributed by atoms with van der Waals surface area (Å²) in [5.41, 5.74) is 0. The molecule has 0 aliphatic heterocycles. The molecule has 0 saturated carbocycles. The van der Waals surface area contributed by atoms with Crippen molar-refractivity contribution in [2.45, 2.75) is 0 Å². The fourth-order valence-electron chi connectivity index (χ4n) is 0.880. The lowest BCUT2D eigenvalue weighted by molar-refractivity contribution is 0.168. The Labute approximate surface area is 96.2 Å². The molecule has 0 saturated heterocycles. The maximum atomic E-state index is 11.4. The number of hydrogen-bond donors (Lipinski definition) is 0.